The lowest BCUT2D eigenvalue weighted by Gasteiger charge is -2.29. The third-order valence-corrected chi connectivity index (χ3v) is 2.59. The highest BCUT2D eigenvalue weighted by atomic mass is 16.7. The summed E-state index contributed by atoms with van der Waals surface area (Å²) in [4.78, 5) is 37.8. The van der Waals surface area contributed by atoms with E-state index in [1.165, 1.54) is 39.3 Å². The molecule has 1 fully saturated rings. The van der Waals surface area contributed by atoms with E-state index in [1.54, 1.807) is 0 Å². The average molecular weight is 279 g/mol. The predicted octanol–water partition coefficient (Wildman–Crippen LogP) is 1.02. The highest BCUT2D eigenvalue weighted by molar-refractivity contribution is 6.19. The SMILES string of the molecule is COC(=O)c1cc[nH]c1C=C1C(=O)OC(C)(C)OC1=O. The van der Waals surface area contributed by atoms with Crippen LogP contribution >= 0.6 is 0 Å². The van der Waals surface area contributed by atoms with Crippen LogP contribution in [0.4, 0.5) is 0 Å². The molecule has 1 saturated heterocycles. The minimum atomic E-state index is -1.30. The molecular formula is C13H13NO6. The van der Waals surface area contributed by atoms with Gasteiger partial charge in [-0.05, 0) is 12.1 Å². The maximum Gasteiger partial charge on any atom is 0.348 e. The molecule has 20 heavy (non-hydrogen) atoms. The molecule has 0 radical (unpaired) electrons. The molecule has 2 heterocycles. The number of esters is 3. The van der Waals surface area contributed by atoms with E-state index in [4.69, 9.17) is 9.47 Å². The molecule has 1 aromatic rings. The van der Waals surface area contributed by atoms with Crippen molar-refractivity contribution in [2.24, 2.45) is 0 Å². The molecule has 1 aromatic heterocycles. The van der Waals surface area contributed by atoms with Gasteiger partial charge in [0.2, 0.25) is 0 Å². The van der Waals surface area contributed by atoms with Gasteiger partial charge in [-0.15, -0.1) is 0 Å². The third kappa shape index (κ3) is 2.56. The smallest absolute Gasteiger partial charge is 0.348 e. The minimum Gasteiger partial charge on any atom is -0.465 e. The van der Waals surface area contributed by atoms with Crippen LogP contribution in [0.25, 0.3) is 6.08 Å². The lowest BCUT2D eigenvalue weighted by molar-refractivity contribution is -0.222. The molecule has 0 aliphatic carbocycles. The Hall–Kier alpha value is -2.57. The second-order valence-corrected chi connectivity index (χ2v) is 4.53. The maximum absolute atomic E-state index is 11.8. The zero-order valence-corrected chi connectivity index (χ0v) is 11.2. The number of carbonyl (C=O) groups excluding carboxylic acids is 3. The number of hydrogen-bond acceptors (Lipinski definition) is 6. The molecule has 0 atom stereocenters. The van der Waals surface area contributed by atoms with Crippen molar-refractivity contribution in [2.45, 2.75) is 19.6 Å². The van der Waals surface area contributed by atoms with Crippen molar-refractivity contribution in [3.8, 4) is 0 Å². The van der Waals surface area contributed by atoms with Crippen molar-refractivity contribution in [1.29, 1.82) is 0 Å². The Kier molecular flexibility index (Phi) is 3.35. The number of hydrogen-bond donors (Lipinski definition) is 1. The number of nitrogens with one attached hydrogen (secondary N) is 1. The monoisotopic (exact) mass is 279 g/mol. The largest absolute Gasteiger partial charge is 0.465 e. The number of aromatic nitrogens is 1. The van der Waals surface area contributed by atoms with Gasteiger partial charge < -0.3 is 19.2 Å². The van der Waals surface area contributed by atoms with Gasteiger partial charge >= 0.3 is 17.9 Å². The van der Waals surface area contributed by atoms with Crippen LogP contribution in [0, 0.1) is 0 Å². The normalized spacial score (nSPS) is 17.2. The molecule has 1 N–H and O–H groups in total. The Balaban J connectivity index is 2.37. The second kappa shape index (κ2) is 4.84. The minimum absolute atomic E-state index is 0.199. The molecule has 1 aliphatic heterocycles. The van der Waals surface area contributed by atoms with Gasteiger partial charge in [0.1, 0.15) is 5.57 Å². The van der Waals surface area contributed by atoms with Crippen molar-refractivity contribution < 1.29 is 28.6 Å². The van der Waals surface area contributed by atoms with E-state index in [9.17, 15) is 14.4 Å². The Morgan fingerprint density at radius 2 is 1.90 bits per heavy atom. The lowest BCUT2D eigenvalue weighted by atomic mass is 10.1. The first-order chi connectivity index (χ1) is 9.34. The zero-order valence-electron chi connectivity index (χ0n) is 11.2. The number of methoxy groups -OCH3 is 1. The Morgan fingerprint density at radius 3 is 2.45 bits per heavy atom. The van der Waals surface area contributed by atoms with Crippen LogP contribution < -0.4 is 0 Å². The summed E-state index contributed by atoms with van der Waals surface area (Å²) in [5.41, 5.74) is 0.169. The highest BCUT2D eigenvalue weighted by Crippen LogP contribution is 2.24. The first-order valence-corrected chi connectivity index (χ1v) is 5.78. The maximum atomic E-state index is 11.8. The van der Waals surface area contributed by atoms with Crippen LogP contribution in [-0.4, -0.2) is 35.8 Å². The highest BCUT2D eigenvalue weighted by Gasteiger charge is 2.39. The van der Waals surface area contributed by atoms with E-state index in [-0.39, 0.29) is 16.8 Å². The molecule has 1 aliphatic rings. The van der Waals surface area contributed by atoms with E-state index in [2.05, 4.69) is 9.72 Å². The van der Waals surface area contributed by atoms with Gasteiger partial charge in [0.15, 0.2) is 0 Å². The van der Waals surface area contributed by atoms with Gasteiger partial charge in [-0.1, -0.05) is 0 Å². The Bertz CT molecular complexity index is 588. The van der Waals surface area contributed by atoms with Gasteiger partial charge in [0.25, 0.3) is 5.79 Å². The number of ether oxygens (including phenoxy) is 3. The van der Waals surface area contributed by atoms with E-state index in [0.29, 0.717) is 0 Å². The number of rotatable bonds is 2. The summed E-state index contributed by atoms with van der Waals surface area (Å²) in [5, 5.41) is 0. The van der Waals surface area contributed by atoms with E-state index >= 15 is 0 Å². The van der Waals surface area contributed by atoms with Gasteiger partial charge in [-0.2, -0.15) is 0 Å². The van der Waals surface area contributed by atoms with Gasteiger partial charge in [-0.25, -0.2) is 14.4 Å². The van der Waals surface area contributed by atoms with Crippen molar-refractivity contribution in [1.82, 2.24) is 4.98 Å². The van der Waals surface area contributed by atoms with E-state index in [1.807, 2.05) is 0 Å². The van der Waals surface area contributed by atoms with Crippen LogP contribution in [0.15, 0.2) is 17.8 Å². The second-order valence-electron chi connectivity index (χ2n) is 4.53. The Morgan fingerprint density at radius 1 is 1.30 bits per heavy atom. The first kappa shape index (κ1) is 13.9. The molecule has 0 aromatic carbocycles. The summed E-state index contributed by atoms with van der Waals surface area (Å²) >= 11 is 0. The summed E-state index contributed by atoms with van der Waals surface area (Å²) < 4.78 is 14.5. The summed E-state index contributed by atoms with van der Waals surface area (Å²) in [6, 6.07) is 1.47. The van der Waals surface area contributed by atoms with Gasteiger partial charge in [0, 0.05) is 20.0 Å². The Labute approximate surface area is 114 Å². The van der Waals surface area contributed by atoms with Gasteiger partial charge in [-0.3, -0.25) is 0 Å². The quantitative estimate of drug-likeness (QED) is 0.493. The molecule has 0 unspecified atom stereocenters. The summed E-state index contributed by atoms with van der Waals surface area (Å²) in [6.45, 7) is 2.90. The van der Waals surface area contributed by atoms with Crippen LogP contribution in [-0.2, 0) is 23.8 Å². The fraction of sp³-hybridized carbons (Fsp3) is 0.308. The first-order valence-electron chi connectivity index (χ1n) is 5.78. The van der Waals surface area contributed by atoms with Crippen LogP contribution in [0.1, 0.15) is 29.9 Å². The van der Waals surface area contributed by atoms with Crippen molar-refractivity contribution in [3.63, 3.8) is 0 Å². The average Bonchev–Trinajstić information content (AvgIpc) is 2.79. The summed E-state index contributed by atoms with van der Waals surface area (Å²) in [6.07, 6.45) is 2.69. The third-order valence-electron chi connectivity index (χ3n) is 2.59. The van der Waals surface area contributed by atoms with Crippen molar-refractivity contribution in [2.75, 3.05) is 7.11 Å². The number of H-pyrrole nitrogens is 1. The molecule has 7 heteroatoms. The fourth-order valence-corrected chi connectivity index (χ4v) is 1.71. The van der Waals surface area contributed by atoms with Crippen molar-refractivity contribution >= 4 is 24.0 Å². The van der Waals surface area contributed by atoms with Crippen molar-refractivity contribution in [3.05, 3.63) is 29.1 Å². The number of aromatic amines is 1. The van der Waals surface area contributed by atoms with E-state index < -0.39 is 23.7 Å². The van der Waals surface area contributed by atoms with Crippen LogP contribution in [0.2, 0.25) is 0 Å². The van der Waals surface area contributed by atoms with E-state index in [0.717, 1.165) is 0 Å². The molecule has 7 nitrogen and oxygen atoms in total. The molecule has 0 bridgehead atoms. The topological polar surface area (TPSA) is 94.7 Å². The summed E-state index contributed by atoms with van der Waals surface area (Å²) in [5.74, 6) is -3.50. The molecule has 2 rings (SSSR count). The fourth-order valence-electron chi connectivity index (χ4n) is 1.71. The molecule has 0 amide bonds. The standard InChI is InChI=1S/C13H13NO6/c1-13(2)19-11(16)8(12(17)20-13)6-9-7(4-5-14-9)10(15)18-3/h4-6,14H,1-3H3. The molecular weight excluding hydrogens is 266 g/mol. The molecule has 0 spiro atoms. The number of cyclic esters (lactones) is 2. The lowest BCUT2D eigenvalue weighted by Crippen LogP contribution is -2.41. The molecule has 106 valence electrons. The van der Waals surface area contributed by atoms with Crippen LogP contribution in [0.5, 0.6) is 0 Å². The van der Waals surface area contributed by atoms with Crippen LogP contribution in [0.3, 0.4) is 0 Å². The molecule has 0 saturated carbocycles. The predicted molar refractivity (Wildman–Crippen MR) is 66.4 cm³/mol. The van der Waals surface area contributed by atoms with Gasteiger partial charge in [0.05, 0.1) is 18.4 Å². The zero-order chi connectivity index (χ0) is 14.9. The summed E-state index contributed by atoms with van der Waals surface area (Å²) in [7, 11) is 1.23. The number of carbonyl (C=O) groups is 3.